The molecule has 3 rings (SSSR count). The van der Waals surface area contributed by atoms with Crippen molar-refractivity contribution in [2.75, 3.05) is 12.3 Å². The van der Waals surface area contributed by atoms with Crippen molar-refractivity contribution in [1.29, 1.82) is 0 Å². The van der Waals surface area contributed by atoms with Gasteiger partial charge in [0.05, 0.1) is 6.04 Å². The summed E-state index contributed by atoms with van der Waals surface area (Å²) in [5, 5.41) is 3.73. The fourth-order valence-electron chi connectivity index (χ4n) is 3.19. The molecular formula is C17H23N3O2S. The minimum Gasteiger partial charge on any atom is -0.356 e. The van der Waals surface area contributed by atoms with Crippen molar-refractivity contribution in [2.24, 2.45) is 0 Å². The number of hydrogen-bond acceptors (Lipinski definition) is 4. The quantitative estimate of drug-likeness (QED) is 0.664. The lowest BCUT2D eigenvalue weighted by molar-refractivity contribution is -0.121. The number of nitrogens with one attached hydrogen (secondary N) is 1. The normalized spacial score (nSPS) is 20.0. The summed E-state index contributed by atoms with van der Waals surface area (Å²) in [4.78, 5) is 28.7. The van der Waals surface area contributed by atoms with Crippen molar-refractivity contribution < 1.29 is 4.79 Å². The van der Waals surface area contributed by atoms with E-state index < -0.39 is 0 Å². The van der Waals surface area contributed by atoms with Gasteiger partial charge in [0.15, 0.2) is 5.16 Å². The number of aromatic nitrogens is 2. The fourth-order valence-corrected chi connectivity index (χ4v) is 4.39. The van der Waals surface area contributed by atoms with Crippen LogP contribution in [0.5, 0.6) is 0 Å². The number of carbonyl (C=O) groups excluding carboxylic acids is 1. The van der Waals surface area contributed by atoms with Gasteiger partial charge in [-0.15, -0.1) is 0 Å². The number of amides is 1. The van der Waals surface area contributed by atoms with E-state index >= 15 is 0 Å². The molecule has 0 fully saturated rings. The molecule has 1 aromatic rings. The van der Waals surface area contributed by atoms with Crippen molar-refractivity contribution >= 4 is 17.7 Å². The highest BCUT2D eigenvalue weighted by Gasteiger charge is 2.27. The molecule has 0 spiro atoms. The molecule has 5 nitrogen and oxygen atoms in total. The van der Waals surface area contributed by atoms with E-state index in [9.17, 15) is 9.59 Å². The SMILES string of the molecule is Cc1cc(=O)n2c(n1)SCC2CC(=O)NCCC1=CCCCC1. The second-order valence-corrected chi connectivity index (χ2v) is 7.25. The summed E-state index contributed by atoms with van der Waals surface area (Å²) in [5.41, 5.74) is 2.15. The molecule has 0 saturated heterocycles. The molecule has 1 amide bonds. The molecule has 1 aromatic heterocycles. The zero-order chi connectivity index (χ0) is 16.2. The van der Waals surface area contributed by atoms with E-state index in [0.717, 1.165) is 23.0 Å². The molecule has 23 heavy (non-hydrogen) atoms. The summed E-state index contributed by atoms with van der Waals surface area (Å²) in [6.45, 7) is 2.52. The van der Waals surface area contributed by atoms with Crippen LogP contribution in [0.15, 0.2) is 27.7 Å². The van der Waals surface area contributed by atoms with Gasteiger partial charge >= 0.3 is 0 Å². The summed E-state index contributed by atoms with van der Waals surface area (Å²) in [6, 6.07) is 1.46. The van der Waals surface area contributed by atoms with Gasteiger partial charge in [-0.3, -0.25) is 14.2 Å². The second kappa shape index (κ2) is 7.34. The van der Waals surface area contributed by atoms with E-state index in [2.05, 4.69) is 16.4 Å². The number of thioether (sulfide) groups is 1. The average Bonchev–Trinajstić information content (AvgIpc) is 2.91. The highest BCUT2D eigenvalue weighted by Crippen LogP contribution is 2.31. The first-order chi connectivity index (χ1) is 11.1. The van der Waals surface area contributed by atoms with Crippen LogP contribution in [0.2, 0.25) is 0 Å². The van der Waals surface area contributed by atoms with E-state index in [1.807, 2.05) is 6.92 Å². The molecule has 1 atom stereocenters. The molecule has 0 aromatic carbocycles. The molecule has 1 N–H and O–H groups in total. The highest BCUT2D eigenvalue weighted by molar-refractivity contribution is 7.99. The van der Waals surface area contributed by atoms with Gasteiger partial charge in [-0.25, -0.2) is 4.98 Å². The molecule has 2 aliphatic rings. The lowest BCUT2D eigenvalue weighted by atomic mass is 9.97. The second-order valence-electron chi connectivity index (χ2n) is 6.27. The lowest BCUT2D eigenvalue weighted by Gasteiger charge is -2.15. The van der Waals surface area contributed by atoms with Gasteiger partial charge in [-0.2, -0.15) is 0 Å². The standard InChI is InChI=1S/C17H23N3O2S/c1-12-9-16(22)20-14(11-23-17(20)19-12)10-15(21)18-8-7-13-5-3-2-4-6-13/h5,9,14H,2-4,6-8,10-11H2,1H3,(H,18,21). The highest BCUT2D eigenvalue weighted by atomic mass is 32.2. The predicted molar refractivity (Wildman–Crippen MR) is 91.8 cm³/mol. The predicted octanol–water partition coefficient (Wildman–Crippen LogP) is 2.60. The zero-order valence-electron chi connectivity index (χ0n) is 13.5. The maximum Gasteiger partial charge on any atom is 0.254 e. The number of carbonyl (C=O) groups is 1. The monoisotopic (exact) mass is 333 g/mol. The Balaban J connectivity index is 1.52. The van der Waals surface area contributed by atoms with Crippen LogP contribution < -0.4 is 10.9 Å². The van der Waals surface area contributed by atoms with E-state index in [0.29, 0.717) is 13.0 Å². The van der Waals surface area contributed by atoms with E-state index in [1.165, 1.54) is 37.3 Å². The van der Waals surface area contributed by atoms with Crippen molar-refractivity contribution in [3.8, 4) is 0 Å². The third-order valence-electron chi connectivity index (χ3n) is 4.39. The minimum atomic E-state index is -0.0792. The van der Waals surface area contributed by atoms with Gasteiger partial charge in [0, 0.05) is 30.5 Å². The first-order valence-electron chi connectivity index (χ1n) is 8.31. The number of rotatable bonds is 5. The van der Waals surface area contributed by atoms with Gasteiger partial charge in [0.25, 0.3) is 5.56 Å². The summed E-state index contributed by atoms with van der Waals surface area (Å²) in [7, 11) is 0. The first-order valence-corrected chi connectivity index (χ1v) is 9.29. The van der Waals surface area contributed by atoms with Crippen molar-refractivity contribution in [3.05, 3.63) is 33.8 Å². The number of nitrogens with zero attached hydrogens (tertiary/aromatic N) is 2. The number of hydrogen-bond donors (Lipinski definition) is 1. The lowest BCUT2D eigenvalue weighted by Crippen LogP contribution is -2.31. The largest absolute Gasteiger partial charge is 0.356 e. The summed E-state index contributed by atoms with van der Waals surface area (Å²) in [6.07, 6.45) is 8.51. The molecule has 124 valence electrons. The summed E-state index contributed by atoms with van der Waals surface area (Å²) >= 11 is 1.56. The summed E-state index contributed by atoms with van der Waals surface area (Å²) in [5.74, 6) is 0.761. The third-order valence-corrected chi connectivity index (χ3v) is 5.49. The molecule has 2 heterocycles. The Kier molecular flexibility index (Phi) is 5.20. The van der Waals surface area contributed by atoms with Crippen molar-refractivity contribution in [2.45, 2.75) is 56.6 Å². The third kappa shape index (κ3) is 4.05. The Morgan fingerprint density at radius 3 is 3.13 bits per heavy atom. The smallest absolute Gasteiger partial charge is 0.254 e. The molecule has 0 bridgehead atoms. The molecule has 0 saturated carbocycles. The Morgan fingerprint density at radius 1 is 1.48 bits per heavy atom. The summed E-state index contributed by atoms with van der Waals surface area (Å²) < 4.78 is 1.67. The molecular weight excluding hydrogens is 310 g/mol. The van der Waals surface area contributed by atoms with Crippen LogP contribution in [0.25, 0.3) is 0 Å². The Hall–Kier alpha value is -1.56. The molecule has 6 heteroatoms. The molecule has 1 unspecified atom stereocenters. The maximum absolute atomic E-state index is 12.2. The Morgan fingerprint density at radius 2 is 2.35 bits per heavy atom. The van der Waals surface area contributed by atoms with Crippen LogP contribution in [0, 0.1) is 6.92 Å². The van der Waals surface area contributed by atoms with Crippen molar-refractivity contribution in [1.82, 2.24) is 14.9 Å². The number of aryl methyl sites for hydroxylation is 1. The fraction of sp³-hybridized carbons (Fsp3) is 0.588. The van der Waals surface area contributed by atoms with Gasteiger partial charge in [-0.1, -0.05) is 23.4 Å². The first kappa shape index (κ1) is 16.3. The molecule has 1 aliphatic heterocycles. The Labute approximate surface area is 140 Å². The van der Waals surface area contributed by atoms with E-state index in [-0.39, 0.29) is 17.5 Å². The van der Waals surface area contributed by atoms with Crippen molar-refractivity contribution in [3.63, 3.8) is 0 Å². The average molecular weight is 333 g/mol. The van der Waals surface area contributed by atoms with Crippen LogP contribution in [0.3, 0.4) is 0 Å². The zero-order valence-corrected chi connectivity index (χ0v) is 14.3. The van der Waals surface area contributed by atoms with E-state index in [4.69, 9.17) is 0 Å². The minimum absolute atomic E-state index is 0.0207. The van der Waals surface area contributed by atoms with Crippen LogP contribution in [0.1, 0.15) is 50.3 Å². The van der Waals surface area contributed by atoms with Gasteiger partial charge in [-0.05, 0) is 39.0 Å². The number of allylic oxidation sites excluding steroid dienone is 1. The Bertz CT molecular complexity index is 681. The van der Waals surface area contributed by atoms with Gasteiger partial charge in [0.1, 0.15) is 0 Å². The number of fused-ring (bicyclic) bond motifs is 1. The van der Waals surface area contributed by atoms with Gasteiger partial charge in [0.2, 0.25) is 5.91 Å². The van der Waals surface area contributed by atoms with Crippen LogP contribution in [-0.4, -0.2) is 27.8 Å². The van der Waals surface area contributed by atoms with Crippen LogP contribution in [-0.2, 0) is 4.79 Å². The van der Waals surface area contributed by atoms with E-state index in [1.54, 1.807) is 16.3 Å². The molecule has 1 aliphatic carbocycles. The maximum atomic E-state index is 12.2. The van der Waals surface area contributed by atoms with Crippen LogP contribution in [0.4, 0.5) is 0 Å². The molecule has 0 radical (unpaired) electrons. The topological polar surface area (TPSA) is 64.0 Å². The van der Waals surface area contributed by atoms with Gasteiger partial charge < -0.3 is 5.32 Å². The van der Waals surface area contributed by atoms with Crippen LogP contribution >= 0.6 is 11.8 Å².